The van der Waals surface area contributed by atoms with Crippen LogP contribution in [0.4, 0.5) is 0 Å². The molecule has 4 rings (SSSR count). The molecule has 0 radical (unpaired) electrons. The zero-order chi connectivity index (χ0) is 28.1. The van der Waals surface area contributed by atoms with E-state index in [1.54, 1.807) is 13.8 Å². The van der Waals surface area contributed by atoms with Crippen LogP contribution < -0.4 is 0 Å². The second-order valence-corrected chi connectivity index (χ2v) is 13.9. The van der Waals surface area contributed by atoms with E-state index in [2.05, 4.69) is 0 Å². The molecule has 0 bridgehead atoms. The van der Waals surface area contributed by atoms with Crippen molar-refractivity contribution < 1.29 is 34.8 Å². The first-order valence-corrected chi connectivity index (χ1v) is 13.2. The Labute approximate surface area is 219 Å². The predicted octanol–water partition coefficient (Wildman–Crippen LogP) is 3.62. The van der Waals surface area contributed by atoms with Gasteiger partial charge >= 0.3 is 0 Å². The number of aliphatic hydroxyl groups is 4. The summed E-state index contributed by atoms with van der Waals surface area (Å²) in [6, 6.07) is 0. The minimum absolute atomic E-state index is 0.0453. The summed E-state index contributed by atoms with van der Waals surface area (Å²) in [5, 5.41) is 43.6. The highest BCUT2D eigenvalue weighted by molar-refractivity contribution is 6.02. The Morgan fingerprint density at radius 3 is 2.22 bits per heavy atom. The molecule has 0 aliphatic heterocycles. The molecule has 8 atom stereocenters. The number of rotatable bonds is 4. The van der Waals surface area contributed by atoms with Crippen LogP contribution in [0, 0.1) is 39.4 Å². The van der Waals surface area contributed by atoms with Crippen molar-refractivity contribution in [2.75, 3.05) is 0 Å². The Balaban J connectivity index is 1.82. The van der Waals surface area contributed by atoms with Gasteiger partial charge in [-0.25, -0.2) is 0 Å². The molecule has 0 amide bonds. The number of Topliss-reactive ketones (excluding diaryl/α,β-unsaturated/α-hetero) is 2. The summed E-state index contributed by atoms with van der Waals surface area (Å²) < 4.78 is 0. The summed E-state index contributed by atoms with van der Waals surface area (Å²) in [5.41, 5.74) is -5.75. The lowest BCUT2D eigenvalue weighted by atomic mass is 9.39. The Kier molecular flexibility index (Phi) is 6.01. The summed E-state index contributed by atoms with van der Waals surface area (Å²) in [5.74, 6) is -2.98. The number of allylic oxidation sites excluding steroid dienone is 4. The molecule has 0 aromatic heterocycles. The van der Waals surface area contributed by atoms with Gasteiger partial charge in [0.05, 0.1) is 17.1 Å². The van der Waals surface area contributed by atoms with Gasteiger partial charge in [-0.15, -0.1) is 0 Å². The van der Waals surface area contributed by atoms with Gasteiger partial charge in [-0.1, -0.05) is 38.5 Å². The van der Waals surface area contributed by atoms with Crippen molar-refractivity contribution >= 4 is 17.3 Å². The smallest absolute Gasteiger partial charge is 0.206 e. The van der Waals surface area contributed by atoms with E-state index in [-0.39, 0.29) is 29.7 Å². The zero-order valence-corrected chi connectivity index (χ0v) is 23.3. The van der Waals surface area contributed by atoms with Gasteiger partial charge in [0.1, 0.15) is 11.4 Å². The normalized spacial score (nSPS) is 42.9. The lowest BCUT2D eigenvalue weighted by molar-refractivity contribution is -0.179. The number of aliphatic hydroxyl groups excluding tert-OH is 2. The predicted molar refractivity (Wildman–Crippen MR) is 138 cm³/mol. The van der Waals surface area contributed by atoms with E-state index in [0.717, 1.165) is 11.6 Å². The molecule has 0 aromatic carbocycles. The van der Waals surface area contributed by atoms with Crippen molar-refractivity contribution in [1.29, 1.82) is 0 Å². The average Bonchev–Trinajstić information content (AvgIpc) is 2.96. The fraction of sp³-hybridized carbons (Fsp3) is 0.700. The van der Waals surface area contributed by atoms with Crippen molar-refractivity contribution in [2.45, 2.75) is 92.0 Å². The number of carbonyl (C=O) groups excluding carboxylic acids is 3. The quantitative estimate of drug-likeness (QED) is 0.333. The largest absolute Gasteiger partial charge is 0.505 e. The highest BCUT2D eigenvalue weighted by Gasteiger charge is 2.74. The number of carbonyl (C=O) groups is 3. The van der Waals surface area contributed by atoms with Crippen LogP contribution in [-0.4, -0.2) is 55.1 Å². The molecule has 4 N–H and O–H groups in total. The summed E-state index contributed by atoms with van der Waals surface area (Å²) in [4.78, 5) is 40.1. The maximum atomic E-state index is 14.2. The van der Waals surface area contributed by atoms with Crippen LogP contribution in [0.1, 0.15) is 74.7 Å². The minimum Gasteiger partial charge on any atom is -0.505 e. The van der Waals surface area contributed by atoms with Crippen LogP contribution in [0.5, 0.6) is 0 Å². The molecule has 7 heteroatoms. The third-order valence-corrected chi connectivity index (χ3v) is 10.8. The average molecular weight is 515 g/mol. The Morgan fingerprint density at radius 2 is 1.65 bits per heavy atom. The van der Waals surface area contributed by atoms with Gasteiger partial charge in [-0.3, -0.25) is 14.4 Å². The molecule has 2 saturated carbocycles. The highest BCUT2D eigenvalue weighted by atomic mass is 16.3. The van der Waals surface area contributed by atoms with Crippen LogP contribution in [-0.2, 0) is 14.4 Å². The molecule has 4 aliphatic rings. The summed E-state index contributed by atoms with van der Waals surface area (Å²) in [6.45, 7) is 13.8. The molecule has 4 aliphatic carbocycles. The molecule has 0 spiro atoms. The van der Waals surface area contributed by atoms with E-state index < -0.39 is 56.6 Å². The maximum Gasteiger partial charge on any atom is 0.206 e. The number of ketones is 3. The van der Waals surface area contributed by atoms with Crippen LogP contribution in [0.15, 0.2) is 35.6 Å². The summed E-state index contributed by atoms with van der Waals surface area (Å²) in [7, 11) is 0. The van der Waals surface area contributed by atoms with Crippen LogP contribution in [0.2, 0.25) is 0 Å². The van der Waals surface area contributed by atoms with Crippen molar-refractivity contribution in [1.82, 2.24) is 0 Å². The van der Waals surface area contributed by atoms with E-state index in [4.69, 9.17) is 0 Å². The first kappa shape index (κ1) is 27.9. The van der Waals surface area contributed by atoms with Gasteiger partial charge in [0.15, 0.2) is 11.5 Å². The summed E-state index contributed by atoms with van der Waals surface area (Å²) in [6.07, 6.45) is 5.85. The topological polar surface area (TPSA) is 132 Å². The molecular formula is C30H42O7. The van der Waals surface area contributed by atoms with Gasteiger partial charge in [0.25, 0.3) is 0 Å². The number of hydrogen-bond acceptors (Lipinski definition) is 7. The zero-order valence-electron chi connectivity index (χ0n) is 23.3. The molecule has 0 heterocycles. The second-order valence-electron chi connectivity index (χ2n) is 13.9. The fourth-order valence-corrected chi connectivity index (χ4v) is 8.58. The van der Waals surface area contributed by atoms with Crippen LogP contribution in [0.3, 0.4) is 0 Å². The number of hydrogen-bond donors (Lipinski definition) is 4. The molecule has 7 nitrogen and oxygen atoms in total. The first-order valence-electron chi connectivity index (χ1n) is 13.2. The molecule has 0 aromatic rings. The highest BCUT2D eigenvalue weighted by Crippen LogP contribution is 2.73. The van der Waals surface area contributed by atoms with Gasteiger partial charge in [-0.05, 0) is 76.4 Å². The van der Waals surface area contributed by atoms with Crippen molar-refractivity contribution in [3.05, 3.63) is 35.6 Å². The van der Waals surface area contributed by atoms with Crippen LogP contribution in [0.25, 0.3) is 0 Å². The molecular weight excluding hydrogens is 472 g/mol. The molecule has 37 heavy (non-hydrogen) atoms. The standard InChI is InChI=1S/C30H42O7/c1-25(2,36)12-11-21(33)30(8,37)23-19(32)14-27(5)20-10-9-16-17(13-18(31)24(35)26(16,3)4)29(20,7)22(34)15-28(23,27)6/h9,11-13,17,19-20,23,31-32,36-37H,10,14-15H2,1-8H3/b12-11+/t17-,19-,20-,23-,27-,28?,29?,30-/m0/s1. The number of fused-ring (bicyclic) bond motifs is 5. The van der Waals surface area contributed by atoms with Gasteiger partial charge in [0, 0.05) is 23.7 Å². The van der Waals surface area contributed by atoms with Crippen LogP contribution >= 0.6 is 0 Å². The second kappa shape index (κ2) is 7.96. The van der Waals surface area contributed by atoms with E-state index >= 15 is 0 Å². The van der Waals surface area contributed by atoms with E-state index in [0.29, 0.717) is 12.8 Å². The molecule has 2 fully saturated rings. The molecule has 0 saturated heterocycles. The van der Waals surface area contributed by atoms with Gasteiger partial charge in [0.2, 0.25) is 5.78 Å². The Hall–Kier alpha value is -2.09. The third kappa shape index (κ3) is 3.60. The van der Waals surface area contributed by atoms with Gasteiger partial charge < -0.3 is 20.4 Å². The SMILES string of the molecule is CC(C)(O)/C=C/C(=O)[C@](C)(O)[C@H]1[C@@H](O)C[C@@]2(C)[C@@H]3CC=C4[C@H](C=C(O)C(=O)C4(C)C)C3(C)C(=O)CC12C. The first-order chi connectivity index (χ1) is 16.7. The molecule has 2 unspecified atom stereocenters. The van der Waals surface area contributed by atoms with Crippen molar-refractivity contribution in [3.8, 4) is 0 Å². The van der Waals surface area contributed by atoms with Gasteiger partial charge in [-0.2, -0.15) is 0 Å². The monoisotopic (exact) mass is 514 g/mol. The van der Waals surface area contributed by atoms with Crippen molar-refractivity contribution in [2.24, 2.45) is 39.4 Å². The maximum absolute atomic E-state index is 14.2. The summed E-state index contributed by atoms with van der Waals surface area (Å²) >= 11 is 0. The van der Waals surface area contributed by atoms with E-state index in [9.17, 15) is 34.8 Å². The van der Waals surface area contributed by atoms with E-state index in [1.807, 2.05) is 26.8 Å². The lowest BCUT2D eigenvalue weighted by Gasteiger charge is -2.63. The molecule has 204 valence electrons. The third-order valence-electron chi connectivity index (χ3n) is 10.8. The Morgan fingerprint density at radius 1 is 1.05 bits per heavy atom. The fourth-order valence-electron chi connectivity index (χ4n) is 8.58. The lowest BCUT2D eigenvalue weighted by Crippen LogP contribution is -2.64. The van der Waals surface area contributed by atoms with E-state index in [1.165, 1.54) is 32.9 Å². The Bertz CT molecular complexity index is 1150. The minimum atomic E-state index is -1.96. The van der Waals surface area contributed by atoms with Crippen molar-refractivity contribution in [3.63, 3.8) is 0 Å².